The van der Waals surface area contributed by atoms with E-state index in [4.69, 9.17) is 11.6 Å². The van der Waals surface area contributed by atoms with Crippen LogP contribution in [0.1, 0.15) is 48.9 Å². The first-order valence-electron chi connectivity index (χ1n) is 10.5. The average molecular weight is 467 g/mol. The van der Waals surface area contributed by atoms with Gasteiger partial charge in [-0.25, -0.2) is 17.1 Å². The van der Waals surface area contributed by atoms with Crippen LogP contribution in [-0.2, 0) is 20.6 Å². The molecular weight excluding hydrogens is 439 g/mol. The van der Waals surface area contributed by atoms with Crippen LogP contribution < -0.4 is 5.32 Å². The van der Waals surface area contributed by atoms with E-state index in [1.165, 1.54) is 22.5 Å². The van der Waals surface area contributed by atoms with Crippen LogP contribution in [0.3, 0.4) is 0 Å². The summed E-state index contributed by atoms with van der Waals surface area (Å²) in [6.45, 7) is 4.50. The van der Waals surface area contributed by atoms with Gasteiger partial charge in [-0.05, 0) is 43.9 Å². The van der Waals surface area contributed by atoms with Crippen molar-refractivity contribution in [3.05, 3.63) is 70.0 Å². The third-order valence-corrected chi connectivity index (χ3v) is 7.97. The maximum atomic E-state index is 14.0. The Balaban J connectivity index is 1.59. The molecule has 3 rings (SSSR count). The number of benzene rings is 2. The molecule has 0 spiro atoms. The second-order valence-electron chi connectivity index (χ2n) is 8.01. The fraction of sp³-hybridized carbons (Fsp3) is 0.435. The normalized spacial score (nSPS) is 16.8. The molecule has 1 unspecified atom stereocenters. The minimum absolute atomic E-state index is 0.0204. The quantitative estimate of drug-likeness (QED) is 0.648. The lowest BCUT2D eigenvalue weighted by Gasteiger charge is -2.31. The smallest absolute Gasteiger partial charge is 0.223 e. The van der Waals surface area contributed by atoms with E-state index >= 15 is 0 Å². The van der Waals surface area contributed by atoms with Gasteiger partial charge in [-0.3, -0.25) is 4.79 Å². The van der Waals surface area contributed by atoms with Crippen LogP contribution in [0, 0.1) is 18.7 Å². The Morgan fingerprint density at radius 2 is 1.84 bits per heavy atom. The Kier molecular flexibility index (Phi) is 7.73. The molecule has 2 aromatic carbocycles. The standard InChI is InChI=1S/C23H28ClFN2O3S/c1-3-22(17-9-7-16(2)8-10-17)26-23(28)18-11-13-27(14-12-18)31(29,30)15-19-20(24)5-4-6-21(19)25/h4-10,18,22H,3,11-15H2,1-2H3,(H,26,28). The van der Waals surface area contributed by atoms with Gasteiger partial charge < -0.3 is 5.32 Å². The second kappa shape index (κ2) is 10.1. The zero-order valence-electron chi connectivity index (χ0n) is 17.8. The van der Waals surface area contributed by atoms with E-state index in [0.717, 1.165) is 17.5 Å². The van der Waals surface area contributed by atoms with E-state index < -0.39 is 21.6 Å². The van der Waals surface area contributed by atoms with E-state index in [0.29, 0.717) is 12.8 Å². The first-order valence-corrected chi connectivity index (χ1v) is 12.5. The molecule has 1 amide bonds. The molecule has 168 valence electrons. The monoisotopic (exact) mass is 466 g/mol. The van der Waals surface area contributed by atoms with Crippen molar-refractivity contribution in [3.63, 3.8) is 0 Å². The number of carbonyl (C=O) groups is 1. The molecule has 1 fully saturated rings. The number of nitrogens with zero attached hydrogens (tertiary/aromatic N) is 1. The van der Waals surface area contributed by atoms with E-state index in [1.807, 2.05) is 38.1 Å². The van der Waals surface area contributed by atoms with Gasteiger partial charge in [-0.2, -0.15) is 0 Å². The predicted molar refractivity (Wildman–Crippen MR) is 121 cm³/mol. The highest BCUT2D eigenvalue weighted by Gasteiger charge is 2.32. The fourth-order valence-electron chi connectivity index (χ4n) is 3.85. The first kappa shape index (κ1) is 23.7. The highest BCUT2D eigenvalue weighted by atomic mass is 35.5. The number of hydrogen-bond acceptors (Lipinski definition) is 3. The SMILES string of the molecule is CCC(NC(=O)C1CCN(S(=O)(=O)Cc2c(F)cccc2Cl)CC1)c1ccc(C)cc1. The molecule has 5 nitrogen and oxygen atoms in total. The van der Waals surface area contributed by atoms with Gasteiger partial charge in [0.05, 0.1) is 11.8 Å². The number of halogens is 2. The predicted octanol–water partition coefficient (Wildman–Crippen LogP) is 4.60. The third-order valence-electron chi connectivity index (χ3n) is 5.81. The summed E-state index contributed by atoms with van der Waals surface area (Å²) in [5, 5.41) is 3.20. The average Bonchev–Trinajstić information content (AvgIpc) is 2.75. The van der Waals surface area contributed by atoms with Crippen molar-refractivity contribution in [1.29, 1.82) is 0 Å². The fourth-order valence-corrected chi connectivity index (χ4v) is 5.77. The maximum absolute atomic E-state index is 14.0. The number of piperidine rings is 1. The molecule has 31 heavy (non-hydrogen) atoms. The van der Waals surface area contributed by atoms with Gasteiger partial charge >= 0.3 is 0 Å². The van der Waals surface area contributed by atoms with Crippen molar-refractivity contribution in [2.24, 2.45) is 5.92 Å². The summed E-state index contributed by atoms with van der Waals surface area (Å²) in [6, 6.07) is 12.1. The molecule has 0 bridgehead atoms. The molecule has 1 saturated heterocycles. The Bertz CT molecular complexity index is 999. The van der Waals surface area contributed by atoms with Gasteiger partial charge in [-0.1, -0.05) is 54.4 Å². The molecule has 2 aromatic rings. The van der Waals surface area contributed by atoms with Crippen LogP contribution >= 0.6 is 11.6 Å². The van der Waals surface area contributed by atoms with E-state index in [1.54, 1.807) is 0 Å². The van der Waals surface area contributed by atoms with Gasteiger partial charge in [0.25, 0.3) is 0 Å². The van der Waals surface area contributed by atoms with Crippen molar-refractivity contribution in [3.8, 4) is 0 Å². The molecular formula is C23H28ClFN2O3S. The van der Waals surface area contributed by atoms with Crippen LogP contribution in [-0.4, -0.2) is 31.7 Å². The van der Waals surface area contributed by atoms with Crippen molar-refractivity contribution >= 4 is 27.5 Å². The molecule has 0 radical (unpaired) electrons. The summed E-state index contributed by atoms with van der Waals surface area (Å²) in [5.41, 5.74) is 2.20. The Labute approximate surface area is 188 Å². The number of sulfonamides is 1. The number of hydrogen-bond donors (Lipinski definition) is 1. The van der Waals surface area contributed by atoms with Crippen LogP contribution in [0.25, 0.3) is 0 Å². The summed E-state index contributed by atoms with van der Waals surface area (Å²) in [4.78, 5) is 12.8. The minimum Gasteiger partial charge on any atom is -0.349 e. The molecule has 0 aliphatic carbocycles. The van der Waals surface area contributed by atoms with Crippen molar-refractivity contribution < 1.29 is 17.6 Å². The largest absolute Gasteiger partial charge is 0.349 e. The lowest BCUT2D eigenvalue weighted by molar-refractivity contribution is -0.126. The van der Waals surface area contributed by atoms with Gasteiger partial charge in [-0.15, -0.1) is 0 Å². The molecule has 0 saturated carbocycles. The van der Waals surface area contributed by atoms with Gasteiger partial charge in [0.1, 0.15) is 5.82 Å². The Morgan fingerprint density at radius 3 is 2.42 bits per heavy atom. The lowest BCUT2D eigenvalue weighted by atomic mass is 9.95. The summed E-state index contributed by atoms with van der Waals surface area (Å²) in [6.07, 6.45) is 1.63. The van der Waals surface area contributed by atoms with Crippen LogP contribution in [0.4, 0.5) is 4.39 Å². The molecule has 1 aliphatic rings. The molecule has 1 aliphatic heterocycles. The molecule has 1 N–H and O–H groups in total. The summed E-state index contributed by atoms with van der Waals surface area (Å²) in [7, 11) is -3.73. The van der Waals surface area contributed by atoms with Crippen LogP contribution in [0.2, 0.25) is 5.02 Å². The molecule has 1 heterocycles. The van der Waals surface area contributed by atoms with E-state index in [-0.39, 0.29) is 41.5 Å². The summed E-state index contributed by atoms with van der Waals surface area (Å²) >= 11 is 5.98. The highest BCUT2D eigenvalue weighted by molar-refractivity contribution is 7.88. The summed E-state index contributed by atoms with van der Waals surface area (Å²) < 4.78 is 40.9. The molecule has 8 heteroatoms. The number of nitrogens with one attached hydrogen (secondary N) is 1. The maximum Gasteiger partial charge on any atom is 0.223 e. The number of carbonyl (C=O) groups excluding carboxylic acids is 1. The van der Waals surface area contributed by atoms with Crippen molar-refractivity contribution in [2.45, 2.75) is 44.9 Å². The van der Waals surface area contributed by atoms with E-state index in [2.05, 4.69) is 5.32 Å². The zero-order chi connectivity index (χ0) is 22.6. The van der Waals surface area contributed by atoms with Crippen LogP contribution in [0.5, 0.6) is 0 Å². The summed E-state index contributed by atoms with van der Waals surface area (Å²) in [5.74, 6) is -1.42. The van der Waals surface area contributed by atoms with Gasteiger partial charge in [0.15, 0.2) is 0 Å². The Hall–Kier alpha value is -1.96. The zero-order valence-corrected chi connectivity index (χ0v) is 19.3. The Morgan fingerprint density at radius 1 is 1.19 bits per heavy atom. The number of amides is 1. The topological polar surface area (TPSA) is 66.5 Å². The molecule has 0 aromatic heterocycles. The molecule has 1 atom stereocenters. The van der Waals surface area contributed by atoms with Crippen LogP contribution in [0.15, 0.2) is 42.5 Å². The lowest BCUT2D eigenvalue weighted by Crippen LogP contribution is -2.44. The van der Waals surface area contributed by atoms with Crippen molar-refractivity contribution in [2.75, 3.05) is 13.1 Å². The first-order chi connectivity index (χ1) is 14.7. The number of rotatable bonds is 7. The second-order valence-corrected chi connectivity index (χ2v) is 10.4. The van der Waals surface area contributed by atoms with Crippen molar-refractivity contribution in [1.82, 2.24) is 9.62 Å². The van der Waals surface area contributed by atoms with Gasteiger partial charge in [0, 0.05) is 29.6 Å². The van der Waals surface area contributed by atoms with Gasteiger partial charge in [0.2, 0.25) is 15.9 Å². The highest BCUT2D eigenvalue weighted by Crippen LogP contribution is 2.27. The minimum atomic E-state index is -3.73. The number of aryl methyl sites for hydroxylation is 1. The van der Waals surface area contributed by atoms with E-state index in [9.17, 15) is 17.6 Å². The third kappa shape index (κ3) is 5.84.